The van der Waals surface area contributed by atoms with Crippen LogP contribution in [-0.2, 0) is 4.79 Å². The minimum atomic E-state index is -0.134. The lowest BCUT2D eigenvalue weighted by Crippen LogP contribution is -2.35. The van der Waals surface area contributed by atoms with Crippen molar-refractivity contribution in [1.29, 1.82) is 0 Å². The van der Waals surface area contributed by atoms with Crippen molar-refractivity contribution < 1.29 is 19.4 Å². The summed E-state index contributed by atoms with van der Waals surface area (Å²) in [6.07, 6.45) is 0. The number of ether oxygens (including phenoxy) is 2. The Hall–Kier alpha value is -3.47. The van der Waals surface area contributed by atoms with Crippen LogP contribution in [0.4, 0.5) is 11.4 Å². The van der Waals surface area contributed by atoms with Crippen LogP contribution in [-0.4, -0.2) is 24.7 Å². The number of hydrogen-bond acceptors (Lipinski definition) is 4. The standard InChI is InChI=1S/C21H17NO4/c1-25-18-9-5-16(6-10-18)22-19-12-15(14-2-7-17(23)8-3-14)4-11-20(19)26-13-21(22)24/h2-12,23H,13H2,1H3. The Morgan fingerprint density at radius 3 is 2.35 bits per heavy atom. The number of phenolic OH excluding ortho intramolecular Hbond substituents is 1. The van der Waals surface area contributed by atoms with E-state index in [2.05, 4.69) is 0 Å². The van der Waals surface area contributed by atoms with Crippen LogP contribution < -0.4 is 14.4 Å². The third kappa shape index (κ3) is 2.84. The van der Waals surface area contributed by atoms with Crippen LogP contribution in [0.1, 0.15) is 0 Å². The van der Waals surface area contributed by atoms with Gasteiger partial charge in [0.15, 0.2) is 6.61 Å². The molecule has 0 atom stereocenters. The molecule has 0 aromatic heterocycles. The van der Waals surface area contributed by atoms with Crippen molar-refractivity contribution in [3.05, 3.63) is 66.7 Å². The summed E-state index contributed by atoms with van der Waals surface area (Å²) in [5.74, 6) is 1.46. The van der Waals surface area contributed by atoms with Gasteiger partial charge in [0.05, 0.1) is 12.8 Å². The zero-order chi connectivity index (χ0) is 18.1. The van der Waals surface area contributed by atoms with E-state index in [1.165, 1.54) is 0 Å². The van der Waals surface area contributed by atoms with Gasteiger partial charge >= 0.3 is 0 Å². The monoisotopic (exact) mass is 347 g/mol. The summed E-state index contributed by atoms with van der Waals surface area (Å²) in [5, 5.41) is 9.48. The van der Waals surface area contributed by atoms with Crippen molar-refractivity contribution in [2.24, 2.45) is 0 Å². The summed E-state index contributed by atoms with van der Waals surface area (Å²) in [4.78, 5) is 14.2. The summed E-state index contributed by atoms with van der Waals surface area (Å²) in [6.45, 7) is -0.00240. The summed E-state index contributed by atoms with van der Waals surface area (Å²) in [6, 6.07) is 20.0. The number of aromatic hydroxyl groups is 1. The number of benzene rings is 3. The van der Waals surface area contributed by atoms with Gasteiger partial charge in [-0.3, -0.25) is 9.69 Å². The number of phenols is 1. The van der Waals surface area contributed by atoms with E-state index >= 15 is 0 Å². The number of methoxy groups -OCH3 is 1. The first-order valence-corrected chi connectivity index (χ1v) is 8.19. The van der Waals surface area contributed by atoms with E-state index in [9.17, 15) is 9.90 Å². The molecule has 26 heavy (non-hydrogen) atoms. The molecule has 0 spiro atoms. The molecular formula is C21H17NO4. The van der Waals surface area contributed by atoms with E-state index in [0.717, 1.165) is 22.6 Å². The largest absolute Gasteiger partial charge is 0.508 e. The zero-order valence-electron chi connectivity index (χ0n) is 14.2. The Balaban J connectivity index is 1.79. The predicted octanol–water partition coefficient (Wildman–Crippen LogP) is 4.12. The second-order valence-electron chi connectivity index (χ2n) is 5.95. The Bertz CT molecular complexity index is 949. The van der Waals surface area contributed by atoms with Crippen LogP contribution in [0.5, 0.6) is 17.2 Å². The Kier molecular flexibility index (Phi) is 3.97. The van der Waals surface area contributed by atoms with Crippen LogP contribution in [0.25, 0.3) is 11.1 Å². The van der Waals surface area contributed by atoms with Crippen molar-refractivity contribution >= 4 is 17.3 Å². The molecule has 130 valence electrons. The number of anilines is 2. The average Bonchev–Trinajstić information content (AvgIpc) is 2.68. The minimum Gasteiger partial charge on any atom is -0.508 e. The fourth-order valence-corrected chi connectivity index (χ4v) is 3.00. The molecule has 5 nitrogen and oxygen atoms in total. The fraction of sp³-hybridized carbons (Fsp3) is 0.0952. The van der Waals surface area contributed by atoms with Gasteiger partial charge in [0, 0.05) is 5.69 Å². The average molecular weight is 347 g/mol. The van der Waals surface area contributed by atoms with E-state index in [0.29, 0.717) is 11.4 Å². The van der Waals surface area contributed by atoms with Gasteiger partial charge in [0.1, 0.15) is 17.2 Å². The van der Waals surface area contributed by atoms with Crippen LogP contribution in [0.3, 0.4) is 0 Å². The molecule has 0 bridgehead atoms. The van der Waals surface area contributed by atoms with Crippen LogP contribution in [0.15, 0.2) is 66.7 Å². The number of nitrogens with zero attached hydrogens (tertiary/aromatic N) is 1. The van der Waals surface area contributed by atoms with Gasteiger partial charge in [-0.25, -0.2) is 0 Å². The molecule has 1 N–H and O–H groups in total. The number of carbonyl (C=O) groups excluding carboxylic acids is 1. The Morgan fingerprint density at radius 1 is 0.962 bits per heavy atom. The summed E-state index contributed by atoms with van der Waals surface area (Å²) < 4.78 is 10.8. The second-order valence-corrected chi connectivity index (χ2v) is 5.95. The number of fused-ring (bicyclic) bond motifs is 1. The van der Waals surface area contributed by atoms with Crippen molar-refractivity contribution in [3.63, 3.8) is 0 Å². The number of hydrogen-bond donors (Lipinski definition) is 1. The van der Waals surface area contributed by atoms with Gasteiger partial charge in [0.2, 0.25) is 0 Å². The lowest BCUT2D eigenvalue weighted by molar-refractivity contribution is -0.120. The van der Waals surface area contributed by atoms with Crippen molar-refractivity contribution in [3.8, 4) is 28.4 Å². The summed E-state index contributed by atoms with van der Waals surface area (Å²) in [5.41, 5.74) is 3.32. The first-order chi connectivity index (χ1) is 12.7. The summed E-state index contributed by atoms with van der Waals surface area (Å²) in [7, 11) is 1.61. The van der Waals surface area contributed by atoms with Crippen LogP contribution >= 0.6 is 0 Å². The Morgan fingerprint density at radius 2 is 1.65 bits per heavy atom. The van der Waals surface area contributed by atoms with Crippen molar-refractivity contribution in [2.75, 3.05) is 18.6 Å². The molecule has 3 aromatic rings. The highest BCUT2D eigenvalue weighted by Crippen LogP contribution is 2.40. The van der Waals surface area contributed by atoms with Crippen LogP contribution in [0, 0.1) is 0 Å². The van der Waals surface area contributed by atoms with Crippen LogP contribution in [0.2, 0.25) is 0 Å². The number of amides is 1. The topological polar surface area (TPSA) is 59.0 Å². The van der Waals surface area contributed by atoms with E-state index in [1.54, 1.807) is 24.1 Å². The predicted molar refractivity (Wildman–Crippen MR) is 99.2 cm³/mol. The number of carbonyl (C=O) groups is 1. The highest BCUT2D eigenvalue weighted by atomic mass is 16.5. The SMILES string of the molecule is COc1ccc(N2C(=O)COc3ccc(-c4ccc(O)cc4)cc32)cc1. The molecule has 0 radical (unpaired) electrons. The van der Waals surface area contributed by atoms with Gasteiger partial charge < -0.3 is 14.6 Å². The third-order valence-corrected chi connectivity index (χ3v) is 4.33. The molecule has 0 saturated carbocycles. The molecule has 0 fully saturated rings. The molecule has 0 unspecified atom stereocenters. The molecule has 3 aromatic carbocycles. The summed E-state index contributed by atoms with van der Waals surface area (Å²) >= 11 is 0. The minimum absolute atomic E-state index is 0.00240. The van der Waals surface area contributed by atoms with Crippen molar-refractivity contribution in [2.45, 2.75) is 0 Å². The smallest absolute Gasteiger partial charge is 0.269 e. The molecule has 5 heteroatoms. The van der Waals surface area contributed by atoms with Gasteiger partial charge in [-0.05, 0) is 59.7 Å². The van der Waals surface area contributed by atoms with Gasteiger partial charge in [-0.2, -0.15) is 0 Å². The third-order valence-electron chi connectivity index (χ3n) is 4.33. The normalized spacial score (nSPS) is 13.1. The first kappa shape index (κ1) is 16.0. The maximum absolute atomic E-state index is 12.5. The molecular weight excluding hydrogens is 330 g/mol. The highest BCUT2D eigenvalue weighted by molar-refractivity contribution is 6.04. The Labute approximate surface area is 151 Å². The molecule has 1 aliphatic rings. The quantitative estimate of drug-likeness (QED) is 0.774. The second kappa shape index (κ2) is 6.44. The lowest BCUT2D eigenvalue weighted by atomic mass is 10.0. The van der Waals surface area contributed by atoms with Crippen molar-refractivity contribution in [1.82, 2.24) is 0 Å². The lowest BCUT2D eigenvalue weighted by Gasteiger charge is -2.30. The van der Waals surface area contributed by atoms with Gasteiger partial charge in [-0.15, -0.1) is 0 Å². The number of rotatable bonds is 3. The maximum atomic E-state index is 12.5. The van der Waals surface area contributed by atoms with E-state index in [1.807, 2.05) is 54.6 Å². The maximum Gasteiger partial charge on any atom is 0.269 e. The molecule has 1 heterocycles. The first-order valence-electron chi connectivity index (χ1n) is 8.19. The molecule has 1 amide bonds. The fourth-order valence-electron chi connectivity index (χ4n) is 3.00. The molecule has 0 saturated heterocycles. The van der Waals surface area contributed by atoms with E-state index in [-0.39, 0.29) is 18.3 Å². The van der Waals surface area contributed by atoms with Gasteiger partial charge in [0.25, 0.3) is 5.91 Å². The van der Waals surface area contributed by atoms with E-state index in [4.69, 9.17) is 9.47 Å². The highest BCUT2D eigenvalue weighted by Gasteiger charge is 2.27. The molecule has 4 rings (SSSR count). The van der Waals surface area contributed by atoms with E-state index < -0.39 is 0 Å². The molecule has 0 aliphatic carbocycles. The van der Waals surface area contributed by atoms with Gasteiger partial charge in [-0.1, -0.05) is 18.2 Å². The molecule has 1 aliphatic heterocycles. The zero-order valence-corrected chi connectivity index (χ0v) is 14.2.